The van der Waals surface area contributed by atoms with Crippen molar-refractivity contribution in [1.82, 2.24) is 19.7 Å². The van der Waals surface area contributed by atoms with E-state index in [1.165, 1.54) is 0 Å². The Kier molecular flexibility index (Phi) is 5.54. The summed E-state index contributed by atoms with van der Waals surface area (Å²) in [5, 5.41) is 10.7. The number of aryl methyl sites for hydroxylation is 2. The molecule has 1 N–H and O–H groups in total. The summed E-state index contributed by atoms with van der Waals surface area (Å²) in [4.78, 5) is 21.9. The Bertz CT molecular complexity index is 1420. The largest absolute Gasteiger partial charge is 0.306 e. The minimum Gasteiger partial charge on any atom is -0.306 e. The van der Waals surface area contributed by atoms with Crippen LogP contribution in [0.3, 0.4) is 0 Å². The topological polar surface area (TPSA) is 72.7 Å². The maximum absolute atomic E-state index is 13.3. The lowest BCUT2D eigenvalue weighted by Crippen LogP contribution is -2.15. The molecule has 0 fully saturated rings. The summed E-state index contributed by atoms with van der Waals surface area (Å²) in [7, 11) is 0. The van der Waals surface area contributed by atoms with Gasteiger partial charge < -0.3 is 5.32 Å². The second-order valence-electron chi connectivity index (χ2n) is 7.68. The van der Waals surface area contributed by atoms with Crippen molar-refractivity contribution in [3.63, 3.8) is 0 Å². The van der Waals surface area contributed by atoms with Gasteiger partial charge >= 0.3 is 0 Å². The van der Waals surface area contributed by atoms with E-state index in [0.717, 1.165) is 38.8 Å². The van der Waals surface area contributed by atoms with E-state index in [1.807, 2.05) is 86.0 Å². The van der Waals surface area contributed by atoms with E-state index in [-0.39, 0.29) is 5.91 Å². The standard InChI is InChI=1S/C26H21N5OS/c1-17-8-9-20(14-22(17)26-28-18(2)16-33-26)25(32)29-24-15-23(19-10-12-27-13-11-19)30-31(24)21-6-4-3-5-7-21/h3-16H,1-2H3,(H,29,32). The molecule has 0 atom stereocenters. The van der Waals surface area contributed by atoms with Crippen molar-refractivity contribution in [2.24, 2.45) is 0 Å². The monoisotopic (exact) mass is 451 g/mol. The molecule has 0 saturated carbocycles. The number of aromatic nitrogens is 4. The highest BCUT2D eigenvalue weighted by atomic mass is 32.1. The van der Waals surface area contributed by atoms with Crippen LogP contribution in [-0.2, 0) is 0 Å². The average molecular weight is 452 g/mol. The average Bonchev–Trinajstić information content (AvgIpc) is 3.47. The lowest BCUT2D eigenvalue weighted by Gasteiger charge is -2.10. The van der Waals surface area contributed by atoms with E-state index in [1.54, 1.807) is 28.4 Å². The van der Waals surface area contributed by atoms with Crippen molar-refractivity contribution >= 4 is 23.1 Å². The Morgan fingerprint density at radius 2 is 1.76 bits per heavy atom. The predicted octanol–water partition coefficient (Wildman–Crippen LogP) is 5.93. The number of amides is 1. The number of nitrogens with zero attached hydrogens (tertiary/aromatic N) is 4. The van der Waals surface area contributed by atoms with E-state index >= 15 is 0 Å². The molecule has 162 valence electrons. The molecule has 1 amide bonds. The van der Waals surface area contributed by atoms with E-state index < -0.39 is 0 Å². The first kappa shape index (κ1) is 20.8. The smallest absolute Gasteiger partial charge is 0.256 e. The van der Waals surface area contributed by atoms with Crippen LogP contribution in [0.2, 0.25) is 0 Å². The van der Waals surface area contributed by atoms with Crippen molar-refractivity contribution in [2.75, 3.05) is 5.32 Å². The van der Waals surface area contributed by atoms with Crippen molar-refractivity contribution in [1.29, 1.82) is 0 Å². The zero-order valence-electron chi connectivity index (χ0n) is 18.2. The van der Waals surface area contributed by atoms with Gasteiger partial charge in [0.1, 0.15) is 10.8 Å². The molecule has 0 bridgehead atoms. The fourth-order valence-electron chi connectivity index (χ4n) is 3.56. The summed E-state index contributed by atoms with van der Waals surface area (Å²) in [6.45, 7) is 4.00. The molecular formula is C26H21N5OS. The summed E-state index contributed by atoms with van der Waals surface area (Å²) in [5.74, 6) is 0.383. The molecule has 0 radical (unpaired) electrons. The van der Waals surface area contributed by atoms with E-state index in [9.17, 15) is 4.79 Å². The van der Waals surface area contributed by atoms with Gasteiger partial charge in [-0.05, 0) is 55.8 Å². The molecule has 5 aromatic rings. The zero-order valence-corrected chi connectivity index (χ0v) is 19.0. The third kappa shape index (κ3) is 4.31. The number of nitrogens with one attached hydrogen (secondary N) is 1. The zero-order chi connectivity index (χ0) is 22.8. The first-order valence-corrected chi connectivity index (χ1v) is 11.4. The van der Waals surface area contributed by atoms with Crippen LogP contribution in [0.5, 0.6) is 0 Å². The van der Waals surface area contributed by atoms with Gasteiger partial charge in [-0.3, -0.25) is 9.78 Å². The number of benzene rings is 2. The van der Waals surface area contributed by atoms with Crippen LogP contribution < -0.4 is 5.32 Å². The van der Waals surface area contributed by atoms with Crippen LogP contribution in [0.4, 0.5) is 5.82 Å². The van der Waals surface area contributed by atoms with Crippen LogP contribution >= 0.6 is 11.3 Å². The van der Waals surface area contributed by atoms with Crippen molar-refractivity contribution in [2.45, 2.75) is 13.8 Å². The minimum atomic E-state index is -0.206. The van der Waals surface area contributed by atoms with Crippen LogP contribution in [-0.4, -0.2) is 25.7 Å². The van der Waals surface area contributed by atoms with Gasteiger partial charge in [0.2, 0.25) is 0 Å². The second kappa shape index (κ2) is 8.80. The summed E-state index contributed by atoms with van der Waals surface area (Å²) < 4.78 is 1.74. The van der Waals surface area contributed by atoms with Crippen molar-refractivity contribution < 1.29 is 4.79 Å². The molecule has 0 unspecified atom stereocenters. The van der Waals surface area contributed by atoms with Crippen molar-refractivity contribution in [3.05, 3.63) is 101 Å². The van der Waals surface area contributed by atoms with Gasteiger partial charge in [-0.2, -0.15) is 5.10 Å². The minimum absolute atomic E-state index is 0.206. The number of para-hydroxylation sites is 1. The van der Waals surface area contributed by atoms with Gasteiger partial charge in [0.25, 0.3) is 5.91 Å². The summed E-state index contributed by atoms with van der Waals surface area (Å²) in [6, 6.07) is 21.1. The second-order valence-corrected chi connectivity index (χ2v) is 8.53. The van der Waals surface area contributed by atoms with Crippen LogP contribution in [0.25, 0.3) is 27.5 Å². The van der Waals surface area contributed by atoms with E-state index in [0.29, 0.717) is 11.4 Å². The number of hydrogen-bond donors (Lipinski definition) is 1. The Balaban J connectivity index is 1.51. The van der Waals surface area contributed by atoms with Gasteiger partial charge in [0.15, 0.2) is 0 Å². The molecule has 0 aliphatic carbocycles. The number of rotatable bonds is 5. The molecule has 5 rings (SSSR count). The first-order valence-electron chi connectivity index (χ1n) is 10.5. The molecule has 0 spiro atoms. The molecule has 0 aliphatic rings. The molecule has 0 saturated heterocycles. The van der Waals surface area contributed by atoms with E-state index in [4.69, 9.17) is 5.10 Å². The highest BCUT2D eigenvalue weighted by Gasteiger charge is 2.16. The van der Waals surface area contributed by atoms with Gasteiger partial charge in [0, 0.05) is 46.2 Å². The molecule has 6 nitrogen and oxygen atoms in total. The van der Waals surface area contributed by atoms with Gasteiger partial charge in [-0.1, -0.05) is 24.3 Å². The molecule has 7 heteroatoms. The normalized spacial score (nSPS) is 10.8. The lowest BCUT2D eigenvalue weighted by atomic mass is 10.0. The number of carbonyl (C=O) groups excluding carboxylic acids is 1. The summed E-state index contributed by atoms with van der Waals surface area (Å²) in [6.07, 6.45) is 3.45. The third-order valence-corrected chi connectivity index (χ3v) is 6.27. The first-order chi connectivity index (χ1) is 16.1. The Morgan fingerprint density at radius 1 is 0.970 bits per heavy atom. The molecule has 33 heavy (non-hydrogen) atoms. The fraction of sp³-hybridized carbons (Fsp3) is 0.0769. The fourth-order valence-corrected chi connectivity index (χ4v) is 4.44. The molecule has 3 aromatic heterocycles. The summed E-state index contributed by atoms with van der Waals surface area (Å²) in [5.41, 5.74) is 6.11. The van der Waals surface area contributed by atoms with Gasteiger partial charge in [-0.25, -0.2) is 9.67 Å². The SMILES string of the molecule is Cc1csc(-c2cc(C(=O)Nc3cc(-c4ccncc4)nn3-c3ccccc3)ccc2C)n1. The lowest BCUT2D eigenvalue weighted by molar-refractivity contribution is 0.102. The number of carbonyl (C=O) groups is 1. The molecular weight excluding hydrogens is 430 g/mol. The Morgan fingerprint density at radius 3 is 2.48 bits per heavy atom. The van der Waals surface area contributed by atoms with E-state index in [2.05, 4.69) is 15.3 Å². The Labute approximate surface area is 195 Å². The van der Waals surface area contributed by atoms with Gasteiger partial charge in [0.05, 0.1) is 11.4 Å². The van der Waals surface area contributed by atoms with Crippen LogP contribution in [0, 0.1) is 13.8 Å². The van der Waals surface area contributed by atoms with Crippen LogP contribution in [0.15, 0.2) is 84.5 Å². The van der Waals surface area contributed by atoms with Gasteiger partial charge in [-0.15, -0.1) is 11.3 Å². The molecule has 3 heterocycles. The number of hydrogen-bond acceptors (Lipinski definition) is 5. The van der Waals surface area contributed by atoms with Crippen LogP contribution in [0.1, 0.15) is 21.6 Å². The highest BCUT2D eigenvalue weighted by Crippen LogP contribution is 2.29. The Hall–Kier alpha value is -4.10. The maximum atomic E-state index is 13.3. The highest BCUT2D eigenvalue weighted by molar-refractivity contribution is 7.13. The number of pyridine rings is 1. The third-order valence-electron chi connectivity index (χ3n) is 5.28. The number of thiazole rings is 1. The maximum Gasteiger partial charge on any atom is 0.256 e. The summed E-state index contributed by atoms with van der Waals surface area (Å²) >= 11 is 1.58. The number of anilines is 1. The predicted molar refractivity (Wildman–Crippen MR) is 132 cm³/mol. The molecule has 0 aliphatic heterocycles. The quantitative estimate of drug-likeness (QED) is 0.360. The molecule has 2 aromatic carbocycles. The van der Waals surface area contributed by atoms with Crippen molar-refractivity contribution in [3.8, 4) is 27.5 Å².